The van der Waals surface area contributed by atoms with Gasteiger partial charge in [-0.2, -0.15) is 0 Å². The number of aromatic nitrogens is 1. The Hall–Kier alpha value is -1.02. The zero-order valence-corrected chi connectivity index (χ0v) is 12.2. The van der Waals surface area contributed by atoms with Gasteiger partial charge in [0.2, 0.25) is 0 Å². The van der Waals surface area contributed by atoms with Gasteiger partial charge in [-0.25, -0.2) is 0 Å². The van der Waals surface area contributed by atoms with Crippen LogP contribution < -0.4 is 0 Å². The second-order valence-electron chi connectivity index (χ2n) is 6.64. The smallest absolute Gasteiger partial charge is 0.0812 e. The van der Waals surface area contributed by atoms with Crippen molar-refractivity contribution < 1.29 is 5.11 Å². The number of aliphatic hydroxyl groups is 1. The normalized spacial score (nSPS) is 21.6. The molecule has 2 heteroatoms. The summed E-state index contributed by atoms with van der Waals surface area (Å²) in [4.78, 5) is 0. The Morgan fingerprint density at radius 3 is 2.78 bits per heavy atom. The van der Waals surface area contributed by atoms with Crippen LogP contribution in [0, 0.1) is 12.3 Å². The molecule has 1 aliphatic carbocycles. The monoisotopic (exact) mass is 247 g/mol. The minimum Gasteiger partial charge on any atom is -0.388 e. The van der Waals surface area contributed by atoms with Crippen molar-refractivity contribution in [2.75, 3.05) is 0 Å². The lowest BCUT2D eigenvalue weighted by Gasteiger charge is -2.33. The summed E-state index contributed by atoms with van der Waals surface area (Å²) in [6.45, 7) is 11.8. The zero-order valence-electron chi connectivity index (χ0n) is 12.2. The molecule has 0 fully saturated rings. The van der Waals surface area contributed by atoms with Crippen molar-refractivity contribution in [1.82, 2.24) is 4.57 Å². The Morgan fingerprint density at radius 2 is 2.17 bits per heavy atom. The van der Waals surface area contributed by atoms with E-state index in [9.17, 15) is 5.11 Å². The number of aliphatic hydroxyl groups excluding tert-OH is 1. The van der Waals surface area contributed by atoms with Gasteiger partial charge in [-0.3, -0.25) is 0 Å². The lowest BCUT2D eigenvalue weighted by molar-refractivity contribution is 0.0981. The second-order valence-corrected chi connectivity index (χ2v) is 6.64. The number of nitrogens with zero attached hydrogens (tertiary/aromatic N) is 1. The van der Waals surface area contributed by atoms with Gasteiger partial charge in [0.25, 0.3) is 0 Å². The van der Waals surface area contributed by atoms with Crippen LogP contribution in [-0.4, -0.2) is 9.67 Å². The van der Waals surface area contributed by atoms with E-state index in [0.29, 0.717) is 0 Å². The molecule has 0 saturated carbocycles. The summed E-state index contributed by atoms with van der Waals surface area (Å²) in [7, 11) is 0. The quantitative estimate of drug-likeness (QED) is 0.791. The molecule has 1 aliphatic rings. The van der Waals surface area contributed by atoms with Gasteiger partial charge in [-0.15, -0.1) is 0 Å². The van der Waals surface area contributed by atoms with Crippen molar-refractivity contribution in [2.45, 2.75) is 60.1 Å². The maximum absolute atomic E-state index is 10.3. The second kappa shape index (κ2) is 4.58. The minimum absolute atomic E-state index is 0.194. The molecule has 2 nitrogen and oxygen atoms in total. The average Bonchev–Trinajstić information content (AvgIpc) is 2.50. The summed E-state index contributed by atoms with van der Waals surface area (Å²) < 4.78 is 2.35. The fourth-order valence-corrected chi connectivity index (χ4v) is 2.93. The maximum Gasteiger partial charge on any atom is 0.0812 e. The van der Waals surface area contributed by atoms with Crippen LogP contribution in [0.3, 0.4) is 0 Å². The molecule has 0 spiro atoms. The molecule has 0 aromatic carbocycles. The maximum atomic E-state index is 10.3. The molecule has 0 aliphatic heterocycles. The van der Waals surface area contributed by atoms with E-state index in [1.54, 1.807) is 0 Å². The summed E-state index contributed by atoms with van der Waals surface area (Å²) >= 11 is 0. The van der Waals surface area contributed by atoms with Crippen LogP contribution in [0.4, 0.5) is 0 Å². The fraction of sp³-hybridized carbons (Fsp3) is 0.625. The fourth-order valence-electron chi connectivity index (χ4n) is 2.93. The summed E-state index contributed by atoms with van der Waals surface area (Å²) in [6.07, 6.45) is 3.88. The number of hydrogen-bond donors (Lipinski definition) is 1. The summed E-state index contributed by atoms with van der Waals surface area (Å²) in [5.41, 5.74) is 5.27. The average molecular weight is 247 g/mol. The number of rotatable bonds is 2. The first-order valence-electron chi connectivity index (χ1n) is 6.80. The van der Waals surface area contributed by atoms with Crippen molar-refractivity contribution in [2.24, 2.45) is 5.41 Å². The molecule has 100 valence electrons. The van der Waals surface area contributed by atoms with Crippen LogP contribution in [0.15, 0.2) is 17.7 Å². The van der Waals surface area contributed by atoms with Crippen molar-refractivity contribution in [1.29, 1.82) is 0 Å². The highest BCUT2D eigenvalue weighted by Gasteiger charge is 2.33. The first-order valence-corrected chi connectivity index (χ1v) is 6.80. The van der Waals surface area contributed by atoms with Gasteiger partial charge >= 0.3 is 0 Å². The molecule has 1 unspecified atom stereocenters. The summed E-state index contributed by atoms with van der Waals surface area (Å²) in [5, 5.41) is 10.3. The van der Waals surface area contributed by atoms with Gasteiger partial charge in [0.1, 0.15) is 0 Å². The van der Waals surface area contributed by atoms with Crippen LogP contribution in [0.25, 0.3) is 0 Å². The Morgan fingerprint density at radius 1 is 1.50 bits per heavy atom. The molecule has 0 bridgehead atoms. The van der Waals surface area contributed by atoms with E-state index in [1.165, 1.54) is 17.0 Å². The highest BCUT2D eigenvalue weighted by molar-refractivity contribution is 5.33. The van der Waals surface area contributed by atoms with E-state index in [-0.39, 0.29) is 11.5 Å². The van der Waals surface area contributed by atoms with Gasteiger partial charge in [-0.1, -0.05) is 25.5 Å². The molecular weight excluding hydrogens is 222 g/mol. The van der Waals surface area contributed by atoms with E-state index in [2.05, 4.69) is 51.3 Å². The number of fused-ring (bicyclic) bond motifs is 1. The Kier molecular flexibility index (Phi) is 3.41. The van der Waals surface area contributed by atoms with Gasteiger partial charge in [0.15, 0.2) is 0 Å². The topological polar surface area (TPSA) is 25.2 Å². The third kappa shape index (κ3) is 2.54. The SMILES string of the molecule is CC(C)=CCn1c(C)cc2c1CC(C)(C)CC2O. The predicted octanol–water partition coefficient (Wildman–Crippen LogP) is 3.77. The molecule has 18 heavy (non-hydrogen) atoms. The Labute approximate surface area is 110 Å². The number of hydrogen-bond acceptors (Lipinski definition) is 1. The highest BCUT2D eigenvalue weighted by atomic mass is 16.3. The largest absolute Gasteiger partial charge is 0.388 e. The van der Waals surface area contributed by atoms with E-state index in [1.807, 2.05) is 0 Å². The first-order chi connectivity index (χ1) is 8.30. The highest BCUT2D eigenvalue weighted by Crippen LogP contribution is 2.41. The summed E-state index contributed by atoms with van der Waals surface area (Å²) in [5.74, 6) is 0. The van der Waals surface area contributed by atoms with Crippen LogP contribution in [0.5, 0.6) is 0 Å². The first kappa shape index (κ1) is 13.4. The van der Waals surface area contributed by atoms with Crippen molar-refractivity contribution >= 4 is 0 Å². The Balaban J connectivity index is 2.41. The van der Waals surface area contributed by atoms with Crippen molar-refractivity contribution in [3.05, 3.63) is 34.7 Å². The lowest BCUT2D eigenvalue weighted by atomic mass is 9.75. The molecule has 1 atom stereocenters. The molecule has 1 N–H and O–H groups in total. The van der Waals surface area contributed by atoms with Crippen LogP contribution in [0.2, 0.25) is 0 Å². The lowest BCUT2D eigenvalue weighted by Crippen LogP contribution is -2.26. The van der Waals surface area contributed by atoms with Crippen molar-refractivity contribution in [3.8, 4) is 0 Å². The third-order valence-electron chi connectivity index (χ3n) is 3.88. The van der Waals surface area contributed by atoms with Gasteiger partial charge in [0, 0.05) is 23.5 Å². The standard InChI is InChI=1S/C16H25NO/c1-11(2)6-7-17-12(3)8-13-14(17)9-16(4,5)10-15(13)18/h6,8,15,18H,7,9-10H2,1-5H3. The van der Waals surface area contributed by atoms with E-state index >= 15 is 0 Å². The van der Waals surface area contributed by atoms with Crippen molar-refractivity contribution in [3.63, 3.8) is 0 Å². The molecular formula is C16H25NO. The van der Waals surface area contributed by atoms with E-state index in [4.69, 9.17) is 0 Å². The molecule has 0 saturated heterocycles. The molecule has 1 heterocycles. The van der Waals surface area contributed by atoms with Crippen LogP contribution in [-0.2, 0) is 13.0 Å². The predicted molar refractivity (Wildman–Crippen MR) is 75.7 cm³/mol. The molecule has 1 aromatic rings. The van der Waals surface area contributed by atoms with E-state index in [0.717, 1.165) is 24.9 Å². The third-order valence-corrected chi connectivity index (χ3v) is 3.88. The molecule has 0 radical (unpaired) electrons. The molecule has 2 rings (SSSR count). The van der Waals surface area contributed by atoms with Gasteiger partial charge < -0.3 is 9.67 Å². The van der Waals surface area contributed by atoms with Gasteiger partial charge in [0.05, 0.1) is 6.10 Å². The van der Waals surface area contributed by atoms with E-state index < -0.39 is 0 Å². The number of allylic oxidation sites excluding steroid dienone is 2. The zero-order chi connectivity index (χ0) is 13.5. The minimum atomic E-state index is -0.296. The van der Waals surface area contributed by atoms with Gasteiger partial charge in [-0.05, 0) is 45.1 Å². The number of aryl methyl sites for hydroxylation is 1. The molecule has 1 aromatic heterocycles. The Bertz CT molecular complexity index is 476. The van der Waals surface area contributed by atoms with Crippen LogP contribution in [0.1, 0.15) is 57.2 Å². The summed E-state index contributed by atoms with van der Waals surface area (Å²) in [6, 6.07) is 2.16. The molecule has 0 amide bonds. The van der Waals surface area contributed by atoms with Crippen LogP contribution >= 0.6 is 0 Å².